The first kappa shape index (κ1) is 10.7. The van der Waals surface area contributed by atoms with E-state index in [0.29, 0.717) is 5.88 Å². The maximum Gasteiger partial charge on any atom is 0.0897 e. The van der Waals surface area contributed by atoms with Crippen LogP contribution in [0.3, 0.4) is 0 Å². The van der Waals surface area contributed by atoms with Gasteiger partial charge in [0.15, 0.2) is 0 Å². The molecule has 1 aromatic heterocycles. The van der Waals surface area contributed by atoms with Gasteiger partial charge in [0, 0.05) is 17.7 Å². The SMILES string of the molecule is CC(=CCCCl)Cc1csc(C)n1. The largest absolute Gasteiger partial charge is 0.246 e. The summed E-state index contributed by atoms with van der Waals surface area (Å²) in [6.45, 7) is 4.16. The molecule has 0 atom stereocenters. The second-order valence-corrected chi connectivity index (χ2v) is 4.50. The van der Waals surface area contributed by atoms with Crippen molar-refractivity contribution in [1.29, 1.82) is 0 Å². The molecule has 0 aromatic carbocycles. The Morgan fingerprint density at radius 3 is 3.00 bits per heavy atom. The Morgan fingerprint density at radius 2 is 2.46 bits per heavy atom. The van der Waals surface area contributed by atoms with E-state index in [9.17, 15) is 0 Å². The molecule has 1 aromatic rings. The van der Waals surface area contributed by atoms with Crippen LogP contribution >= 0.6 is 22.9 Å². The lowest BCUT2D eigenvalue weighted by atomic mass is 10.1. The molecule has 0 saturated carbocycles. The van der Waals surface area contributed by atoms with Crippen molar-refractivity contribution in [3.63, 3.8) is 0 Å². The second kappa shape index (κ2) is 5.40. The van der Waals surface area contributed by atoms with E-state index < -0.39 is 0 Å². The van der Waals surface area contributed by atoms with Crippen LogP contribution in [-0.4, -0.2) is 10.9 Å². The Kier molecular flexibility index (Phi) is 4.46. The van der Waals surface area contributed by atoms with Gasteiger partial charge in [-0.15, -0.1) is 22.9 Å². The van der Waals surface area contributed by atoms with Gasteiger partial charge >= 0.3 is 0 Å². The third-order valence-corrected chi connectivity index (χ3v) is 2.77. The van der Waals surface area contributed by atoms with E-state index in [2.05, 4.69) is 23.4 Å². The number of alkyl halides is 1. The van der Waals surface area contributed by atoms with Crippen LogP contribution in [0.5, 0.6) is 0 Å². The van der Waals surface area contributed by atoms with Crippen molar-refractivity contribution < 1.29 is 0 Å². The van der Waals surface area contributed by atoms with Gasteiger partial charge < -0.3 is 0 Å². The van der Waals surface area contributed by atoms with E-state index in [-0.39, 0.29) is 0 Å². The van der Waals surface area contributed by atoms with Crippen molar-refractivity contribution in [2.75, 3.05) is 5.88 Å². The van der Waals surface area contributed by atoms with Crippen LogP contribution in [0.2, 0.25) is 0 Å². The number of allylic oxidation sites excluding steroid dienone is 2. The van der Waals surface area contributed by atoms with Crippen LogP contribution in [0, 0.1) is 6.92 Å². The monoisotopic (exact) mass is 215 g/mol. The molecule has 0 spiro atoms. The van der Waals surface area contributed by atoms with Crippen LogP contribution in [0.15, 0.2) is 17.0 Å². The van der Waals surface area contributed by atoms with Gasteiger partial charge in [0.2, 0.25) is 0 Å². The molecule has 0 amide bonds. The maximum absolute atomic E-state index is 5.59. The number of hydrogen-bond donors (Lipinski definition) is 0. The molecular weight excluding hydrogens is 202 g/mol. The first-order chi connectivity index (χ1) is 6.22. The fourth-order valence-electron chi connectivity index (χ4n) is 1.15. The molecule has 0 radical (unpaired) electrons. The van der Waals surface area contributed by atoms with E-state index >= 15 is 0 Å². The third kappa shape index (κ3) is 3.92. The zero-order chi connectivity index (χ0) is 9.68. The average molecular weight is 216 g/mol. The van der Waals surface area contributed by atoms with Crippen molar-refractivity contribution in [3.8, 4) is 0 Å². The third-order valence-electron chi connectivity index (χ3n) is 1.73. The highest BCUT2D eigenvalue weighted by atomic mass is 35.5. The van der Waals surface area contributed by atoms with E-state index in [1.807, 2.05) is 6.92 Å². The minimum atomic E-state index is 0.702. The molecule has 0 unspecified atom stereocenters. The minimum absolute atomic E-state index is 0.702. The molecular formula is C10H14ClNS. The molecule has 0 fully saturated rings. The number of halogens is 1. The molecule has 1 heterocycles. The second-order valence-electron chi connectivity index (χ2n) is 3.06. The highest BCUT2D eigenvalue weighted by Gasteiger charge is 1.98. The van der Waals surface area contributed by atoms with Gasteiger partial charge in [-0.2, -0.15) is 0 Å². The summed E-state index contributed by atoms with van der Waals surface area (Å²) in [6, 6.07) is 0. The highest BCUT2D eigenvalue weighted by Crippen LogP contribution is 2.12. The average Bonchev–Trinajstić information content (AvgIpc) is 2.48. The van der Waals surface area contributed by atoms with Gasteiger partial charge in [0.1, 0.15) is 0 Å². The summed E-state index contributed by atoms with van der Waals surface area (Å²) >= 11 is 7.30. The van der Waals surface area contributed by atoms with E-state index in [0.717, 1.165) is 17.8 Å². The van der Waals surface area contributed by atoms with Crippen molar-refractivity contribution in [3.05, 3.63) is 27.7 Å². The molecule has 13 heavy (non-hydrogen) atoms. The number of nitrogens with zero attached hydrogens (tertiary/aromatic N) is 1. The Bertz CT molecular complexity index is 291. The Morgan fingerprint density at radius 1 is 1.69 bits per heavy atom. The van der Waals surface area contributed by atoms with Gasteiger partial charge in [-0.3, -0.25) is 0 Å². The number of rotatable bonds is 4. The highest BCUT2D eigenvalue weighted by molar-refractivity contribution is 7.09. The van der Waals surface area contributed by atoms with E-state index in [1.165, 1.54) is 11.3 Å². The molecule has 1 nitrogen and oxygen atoms in total. The quantitative estimate of drug-likeness (QED) is 0.553. The Hall–Kier alpha value is -0.340. The first-order valence-electron chi connectivity index (χ1n) is 4.35. The fraction of sp³-hybridized carbons (Fsp3) is 0.500. The lowest BCUT2D eigenvalue weighted by Gasteiger charge is -1.96. The Balaban J connectivity index is 2.49. The van der Waals surface area contributed by atoms with Crippen LogP contribution in [0.1, 0.15) is 24.0 Å². The zero-order valence-electron chi connectivity index (χ0n) is 8.01. The smallest absolute Gasteiger partial charge is 0.0897 e. The van der Waals surface area contributed by atoms with Crippen molar-refractivity contribution in [1.82, 2.24) is 4.98 Å². The normalized spacial score (nSPS) is 12.1. The topological polar surface area (TPSA) is 12.9 Å². The van der Waals surface area contributed by atoms with Crippen LogP contribution in [0.4, 0.5) is 0 Å². The Labute approximate surface area is 88.5 Å². The van der Waals surface area contributed by atoms with Crippen LogP contribution in [-0.2, 0) is 6.42 Å². The minimum Gasteiger partial charge on any atom is -0.246 e. The molecule has 72 valence electrons. The predicted octanol–water partition coefficient (Wildman–Crippen LogP) is 3.57. The van der Waals surface area contributed by atoms with E-state index in [1.54, 1.807) is 11.3 Å². The molecule has 1 rings (SSSR count). The molecule has 3 heteroatoms. The number of aryl methyl sites for hydroxylation is 1. The molecule has 0 aliphatic carbocycles. The number of hydrogen-bond acceptors (Lipinski definition) is 2. The van der Waals surface area contributed by atoms with Gasteiger partial charge in [-0.25, -0.2) is 4.98 Å². The summed E-state index contributed by atoms with van der Waals surface area (Å²) in [5.74, 6) is 0.702. The van der Waals surface area contributed by atoms with Crippen molar-refractivity contribution in [2.45, 2.75) is 26.7 Å². The summed E-state index contributed by atoms with van der Waals surface area (Å²) < 4.78 is 0. The summed E-state index contributed by atoms with van der Waals surface area (Å²) in [6.07, 6.45) is 4.10. The molecule has 0 N–H and O–H groups in total. The zero-order valence-corrected chi connectivity index (χ0v) is 9.58. The lowest BCUT2D eigenvalue weighted by Crippen LogP contribution is -1.87. The molecule has 0 bridgehead atoms. The van der Waals surface area contributed by atoms with Crippen LogP contribution in [0.25, 0.3) is 0 Å². The van der Waals surface area contributed by atoms with Crippen molar-refractivity contribution in [2.24, 2.45) is 0 Å². The lowest BCUT2D eigenvalue weighted by molar-refractivity contribution is 1.03. The van der Waals surface area contributed by atoms with Gasteiger partial charge in [-0.05, 0) is 20.3 Å². The maximum atomic E-state index is 5.59. The first-order valence-corrected chi connectivity index (χ1v) is 5.76. The van der Waals surface area contributed by atoms with Crippen molar-refractivity contribution >= 4 is 22.9 Å². The predicted molar refractivity (Wildman–Crippen MR) is 59.6 cm³/mol. The van der Waals surface area contributed by atoms with Crippen LogP contribution < -0.4 is 0 Å². The standard InChI is InChI=1S/C10H14ClNS/c1-8(4-3-5-11)6-10-7-13-9(2)12-10/h4,7H,3,5-6H2,1-2H3. The van der Waals surface area contributed by atoms with E-state index in [4.69, 9.17) is 11.6 Å². The summed E-state index contributed by atoms with van der Waals surface area (Å²) in [4.78, 5) is 4.40. The number of thiazole rings is 1. The summed E-state index contributed by atoms with van der Waals surface area (Å²) in [5, 5.41) is 3.26. The molecule has 0 aliphatic heterocycles. The van der Waals surface area contributed by atoms with Gasteiger partial charge in [0.05, 0.1) is 10.7 Å². The molecule has 0 saturated heterocycles. The summed E-state index contributed by atoms with van der Waals surface area (Å²) in [5.41, 5.74) is 2.52. The number of aromatic nitrogens is 1. The van der Waals surface area contributed by atoms with Gasteiger partial charge in [0.25, 0.3) is 0 Å². The summed E-state index contributed by atoms with van der Waals surface area (Å²) in [7, 11) is 0. The fourth-order valence-corrected chi connectivity index (χ4v) is 1.87. The molecule has 0 aliphatic rings. The van der Waals surface area contributed by atoms with Gasteiger partial charge in [-0.1, -0.05) is 11.6 Å².